The van der Waals surface area contributed by atoms with E-state index in [9.17, 15) is 13.2 Å². The average Bonchev–Trinajstić information content (AvgIpc) is 3.54. The Morgan fingerprint density at radius 1 is 0.941 bits per heavy atom. The number of nitrogens with one attached hydrogen (secondary N) is 1. The first kappa shape index (κ1) is 22.2. The fourth-order valence-corrected chi connectivity index (χ4v) is 5.83. The summed E-state index contributed by atoms with van der Waals surface area (Å²) in [6.07, 6.45) is 4.82. The molecule has 1 aromatic heterocycles. The van der Waals surface area contributed by atoms with E-state index in [2.05, 4.69) is 16.7 Å². The number of carbonyl (C=O) groups is 1. The number of sulfonamides is 1. The highest BCUT2D eigenvalue weighted by Gasteiger charge is 2.25. The van der Waals surface area contributed by atoms with Crippen molar-refractivity contribution in [2.75, 3.05) is 11.9 Å². The van der Waals surface area contributed by atoms with Gasteiger partial charge in [0.05, 0.1) is 4.90 Å². The van der Waals surface area contributed by atoms with Crippen LogP contribution in [0.4, 0.5) is 5.69 Å². The molecule has 1 saturated carbocycles. The maximum atomic E-state index is 13.1. The topological polar surface area (TPSA) is 79.6 Å². The zero-order valence-corrected chi connectivity index (χ0v) is 19.7. The van der Waals surface area contributed by atoms with Gasteiger partial charge in [-0.25, -0.2) is 13.1 Å². The van der Waals surface area contributed by atoms with Crippen LogP contribution in [-0.2, 0) is 10.0 Å². The van der Waals surface area contributed by atoms with Gasteiger partial charge < -0.3 is 9.32 Å². The van der Waals surface area contributed by atoms with E-state index < -0.39 is 15.9 Å². The van der Waals surface area contributed by atoms with E-state index in [-0.39, 0.29) is 10.7 Å². The molecule has 0 spiro atoms. The summed E-state index contributed by atoms with van der Waals surface area (Å²) in [5, 5.41) is 0.746. The third-order valence-electron chi connectivity index (χ3n) is 6.50. The molecule has 1 amide bonds. The Morgan fingerprint density at radius 2 is 1.65 bits per heavy atom. The number of hydrogen-bond acceptors (Lipinski definition) is 5. The number of anilines is 1. The molecule has 1 heterocycles. The van der Waals surface area contributed by atoms with Gasteiger partial charge in [0.15, 0.2) is 5.76 Å². The molecule has 174 valence electrons. The zero-order chi connectivity index (χ0) is 23.7. The minimum absolute atomic E-state index is 0.0335. The number of hydrogen-bond donors (Lipinski definition) is 1. The highest BCUT2D eigenvalue weighted by molar-refractivity contribution is 7.90. The number of amides is 1. The van der Waals surface area contributed by atoms with Gasteiger partial charge in [0.2, 0.25) is 0 Å². The van der Waals surface area contributed by atoms with Gasteiger partial charge in [-0.1, -0.05) is 61.4 Å². The van der Waals surface area contributed by atoms with Crippen molar-refractivity contribution in [3.8, 4) is 11.1 Å². The van der Waals surface area contributed by atoms with Crippen molar-refractivity contribution in [3.05, 3.63) is 84.6 Å². The Kier molecular flexibility index (Phi) is 5.87. The summed E-state index contributed by atoms with van der Waals surface area (Å²) in [6, 6.07) is 23.7. The Hall–Kier alpha value is -3.58. The Balaban J connectivity index is 1.40. The summed E-state index contributed by atoms with van der Waals surface area (Å²) in [7, 11) is -2.05. The van der Waals surface area contributed by atoms with E-state index >= 15 is 0 Å². The van der Waals surface area contributed by atoms with E-state index in [1.54, 1.807) is 24.3 Å². The molecule has 5 rings (SSSR count). The lowest BCUT2D eigenvalue weighted by Crippen LogP contribution is -2.30. The van der Waals surface area contributed by atoms with Crippen LogP contribution in [0.15, 0.2) is 88.2 Å². The van der Waals surface area contributed by atoms with Crippen LogP contribution in [0.2, 0.25) is 0 Å². The van der Waals surface area contributed by atoms with Crippen LogP contribution in [0.25, 0.3) is 22.1 Å². The molecule has 7 heteroatoms. The fraction of sp³-hybridized carbons (Fsp3) is 0.222. The molecular formula is C27H26N2O4S. The van der Waals surface area contributed by atoms with E-state index in [0.717, 1.165) is 16.6 Å². The molecule has 1 aliphatic rings. The first-order valence-electron chi connectivity index (χ1n) is 11.4. The zero-order valence-electron chi connectivity index (χ0n) is 18.9. The third kappa shape index (κ3) is 4.31. The van der Waals surface area contributed by atoms with Gasteiger partial charge >= 0.3 is 5.91 Å². The van der Waals surface area contributed by atoms with Gasteiger partial charge in [-0.3, -0.25) is 4.79 Å². The highest BCUT2D eigenvalue weighted by atomic mass is 32.2. The molecule has 1 N–H and O–H groups in total. The third-order valence-corrected chi connectivity index (χ3v) is 7.88. The summed E-state index contributed by atoms with van der Waals surface area (Å²) < 4.78 is 34.2. The molecule has 3 aromatic carbocycles. The molecule has 0 radical (unpaired) electrons. The number of nitrogens with zero attached hydrogens (tertiary/aromatic N) is 1. The molecule has 0 saturated heterocycles. The molecule has 1 fully saturated rings. The van der Waals surface area contributed by atoms with Crippen LogP contribution in [0.3, 0.4) is 0 Å². The van der Waals surface area contributed by atoms with Crippen LogP contribution in [0, 0.1) is 0 Å². The lowest BCUT2D eigenvalue weighted by atomic mass is 10.1. The maximum absolute atomic E-state index is 13.1. The van der Waals surface area contributed by atoms with Gasteiger partial charge in [-0.15, -0.1) is 0 Å². The fourth-order valence-electron chi connectivity index (χ4n) is 4.64. The van der Waals surface area contributed by atoms with Crippen LogP contribution < -0.4 is 9.62 Å². The Labute approximate surface area is 199 Å². The number of fused-ring (bicyclic) bond motifs is 1. The molecule has 34 heavy (non-hydrogen) atoms. The van der Waals surface area contributed by atoms with Gasteiger partial charge in [0.25, 0.3) is 10.0 Å². The predicted molar refractivity (Wildman–Crippen MR) is 133 cm³/mol. The number of benzene rings is 3. The Morgan fingerprint density at radius 3 is 2.41 bits per heavy atom. The summed E-state index contributed by atoms with van der Waals surface area (Å²) in [6.45, 7) is 0. The largest absolute Gasteiger partial charge is 0.451 e. The predicted octanol–water partition coefficient (Wildman–Crippen LogP) is 5.60. The van der Waals surface area contributed by atoms with Gasteiger partial charge in [-0.2, -0.15) is 0 Å². The van der Waals surface area contributed by atoms with Crippen molar-refractivity contribution in [1.29, 1.82) is 0 Å². The lowest BCUT2D eigenvalue weighted by Gasteiger charge is -2.26. The van der Waals surface area contributed by atoms with E-state index in [4.69, 9.17) is 4.42 Å². The van der Waals surface area contributed by atoms with Crippen molar-refractivity contribution in [2.24, 2.45) is 0 Å². The van der Waals surface area contributed by atoms with Gasteiger partial charge in [0, 0.05) is 35.8 Å². The van der Waals surface area contributed by atoms with Crippen molar-refractivity contribution < 1.29 is 17.6 Å². The second kappa shape index (κ2) is 8.99. The molecule has 0 unspecified atom stereocenters. The molecule has 0 bridgehead atoms. The van der Waals surface area contributed by atoms with Crippen LogP contribution >= 0.6 is 0 Å². The number of carbonyl (C=O) groups excluding carboxylic acids is 1. The minimum atomic E-state index is -4.12. The molecular weight excluding hydrogens is 448 g/mol. The second-order valence-electron chi connectivity index (χ2n) is 8.68. The molecule has 0 atom stereocenters. The average molecular weight is 475 g/mol. The quantitative estimate of drug-likeness (QED) is 0.394. The normalized spacial score (nSPS) is 14.4. The summed E-state index contributed by atoms with van der Waals surface area (Å²) in [5.74, 6) is -0.846. The molecule has 0 aliphatic heterocycles. The molecule has 4 aromatic rings. The number of furan rings is 1. The SMILES string of the molecule is CN(c1ccc2cc(C(=O)NS(=O)(=O)c3ccccc3-c3ccccc3)oc2c1)C1CCCC1. The maximum Gasteiger partial charge on any atom is 0.300 e. The monoisotopic (exact) mass is 474 g/mol. The van der Waals surface area contributed by atoms with Crippen molar-refractivity contribution in [2.45, 2.75) is 36.6 Å². The second-order valence-corrected chi connectivity index (χ2v) is 10.3. The van der Waals surface area contributed by atoms with Crippen LogP contribution in [0.5, 0.6) is 0 Å². The summed E-state index contributed by atoms with van der Waals surface area (Å²) >= 11 is 0. The summed E-state index contributed by atoms with van der Waals surface area (Å²) in [4.78, 5) is 15.2. The van der Waals surface area contributed by atoms with Crippen molar-refractivity contribution >= 4 is 32.6 Å². The first-order chi connectivity index (χ1) is 16.4. The first-order valence-corrected chi connectivity index (χ1v) is 12.9. The Bertz CT molecular complexity index is 1440. The smallest absolute Gasteiger partial charge is 0.300 e. The standard InChI is InChI=1S/C27H26N2O4S/c1-29(21-11-5-6-12-21)22-16-15-20-17-25(33-24(20)18-22)27(30)28-34(31,32)26-14-8-7-13-23(26)19-9-3-2-4-10-19/h2-4,7-10,13-18,21H,5-6,11-12H2,1H3,(H,28,30). The van der Waals surface area contributed by atoms with Crippen LogP contribution in [-0.4, -0.2) is 27.4 Å². The van der Waals surface area contributed by atoms with Gasteiger partial charge in [-0.05, 0) is 42.7 Å². The van der Waals surface area contributed by atoms with E-state index in [1.165, 1.54) is 31.7 Å². The van der Waals surface area contributed by atoms with Crippen molar-refractivity contribution in [3.63, 3.8) is 0 Å². The van der Waals surface area contributed by atoms with Gasteiger partial charge in [0.1, 0.15) is 5.58 Å². The summed E-state index contributed by atoms with van der Waals surface area (Å²) in [5.41, 5.74) is 2.84. The van der Waals surface area contributed by atoms with Crippen LogP contribution in [0.1, 0.15) is 36.2 Å². The van der Waals surface area contributed by atoms with Crippen molar-refractivity contribution in [1.82, 2.24) is 4.72 Å². The lowest BCUT2D eigenvalue weighted by molar-refractivity contribution is 0.0956. The minimum Gasteiger partial charge on any atom is -0.451 e. The van der Waals surface area contributed by atoms with E-state index in [1.807, 2.05) is 48.5 Å². The molecule has 1 aliphatic carbocycles. The number of rotatable bonds is 6. The molecule has 6 nitrogen and oxygen atoms in total. The highest BCUT2D eigenvalue weighted by Crippen LogP contribution is 2.31. The van der Waals surface area contributed by atoms with E-state index in [0.29, 0.717) is 17.2 Å².